The largest absolute Gasteiger partial charge is 0.491 e. The van der Waals surface area contributed by atoms with Crippen molar-refractivity contribution in [2.24, 2.45) is 0 Å². The molecule has 1 aromatic carbocycles. The summed E-state index contributed by atoms with van der Waals surface area (Å²) in [5.74, 6) is 1.62. The first kappa shape index (κ1) is 17.2. The van der Waals surface area contributed by atoms with Crippen LogP contribution in [0.2, 0.25) is 0 Å². The minimum atomic E-state index is 0.0846. The molecule has 0 aliphatic rings. The molecule has 2 aromatic rings. The summed E-state index contributed by atoms with van der Waals surface area (Å²) in [7, 11) is 0. The molecule has 0 saturated carbocycles. The van der Waals surface area contributed by atoms with E-state index in [9.17, 15) is 0 Å². The van der Waals surface area contributed by atoms with Crippen LogP contribution >= 0.6 is 12.2 Å². The normalized spacial score (nSPS) is 11.7. The number of hydrogen-bond donors (Lipinski definition) is 2. The van der Waals surface area contributed by atoms with E-state index in [2.05, 4.69) is 41.6 Å². The summed E-state index contributed by atoms with van der Waals surface area (Å²) in [6, 6.07) is 10.1. The third-order valence-corrected chi connectivity index (χ3v) is 3.73. The molecular weight excluding hydrogens is 306 g/mol. The Hall–Kier alpha value is -2.14. The topological polar surface area (TPSA) is 46.2 Å². The molecule has 0 bridgehead atoms. The summed E-state index contributed by atoms with van der Waals surface area (Å²) >= 11 is 5.31. The number of aryl methyl sites for hydroxylation is 3. The lowest BCUT2D eigenvalue weighted by atomic mass is 10.1. The highest BCUT2D eigenvalue weighted by molar-refractivity contribution is 7.80. The van der Waals surface area contributed by atoms with Gasteiger partial charge in [0.25, 0.3) is 0 Å². The van der Waals surface area contributed by atoms with Crippen molar-refractivity contribution in [3.8, 4) is 5.75 Å². The quantitative estimate of drug-likeness (QED) is 0.818. The van der Waals surface area contributed by atoms with Gasteiger partial charge >= 0.3 is 0 Å². The van der Waals surface area contributed by atoms with Crippen molar-refractivity contribution in [3.05, 3.63) is 53.2 Å². The fraction of sp³-hybridized carbons (Fsp3) is 0.333. The van der Waals surface area contributed by atoms with Crippen molar-refractivity contribution in [3.63, 3.8) is 0 Å². The summed E-state index contributed by atoms with van der Waals surface area (Å²) in [6.07, 6.45) is 1.76. The van der Waals surface area contributed by atoms with Gasteiger partial charge in [0.05, 0.1) is 6.04 Å². The lowest BCUT2D eigenvalue weighted by Crippen LogP contribution is -2.39. The Balaban J connectivity index is 1.80. The molecule has 0 fully saturated rings. The van der Waals surface area contributed by atoms with Gasteiger partial charge in [-0.1, -0.05) is 6.07 Å². The number of anilines is 1. The highest BCUT2D eigenvalue weighted by Crippen LogP contribution is 2.16. The van der Waals surface area contributed by atoms with E-state index >= 15 is 0 Å². The minimum Gasteiger partial charge on any atom is -0.491 e. The second-order valence-electron chi connectivity index (χ2n) is 5.78. The van der Waals surface area contributed by atoms with E-state index < -0.39 is 0 Å². The fourth-order valence-electron chi connectivity index (χ4n) is 2.05. The average molecular weight is 329 g/mol. The molecular formula is C18H23N3OS. The van der Waals surface area contributed by atoms with Crippen LogP contribution in [-0.4, -0.2) is 22.7 Å². The lowest BCUT2D eigenvalue weighted by molar-refractivity contribution is 0.287. The molecule has 0 radical (unpaired) electrons. The van der Waals surface area contributed by atoms with Crippen molar-refractivity contribution < 1.29 is 4.74 Å². The molecule has 23 heavy (non-hydrogen) atoms. The van der Waals surface area contributed by atoms with Gasteiger partial charge in [-0.05, 0) is 80.9 Å². The number of nitrogens with one attached hydrogen (secondary N) is 2. The fourth-order valence-corrected chi connectivity index (χ4v) is 2.35. The van der Waals surface area contributed by atoms with Crippen molar-refractivity contribution in [1.82, 2.24) is 10.3 Å². The number of hydrogen-bond acceptors (Lipinski definition) is 3. The number of rotatable bonds is 5. The maximum atomic E-state index is 5.81. The zero-order chi connectivity index (χ0) is 16.8. The van der Waals surface area contributed by atoms with E-state index in [1.807, 2.05) is 32.0 Å². The summed E-state index contributed by atoms with van der Waals surface area (Å²) < 4.78 is 5.81. The summed E-state index contributed by atoms with van der Waals surface area (Å²) in [4.78, 5) is 4.23. The SMILES string of the molecule is Cc1ccnc(NC(=S)N[C@@H](C)COc2ccc(C)c(C)c2)c1. The van der Waals surface area contributed by atoms with Gasteiger partial charge in [0.15, 0.2) is 5.11 Å². The predicted molar refractivity (Wildman–Crippen MR) is 99.2 cm³/mol. The van der Waals surface area contributed by atoms with Gasteiger partial charge in [0.2, 0.25) is 0 Å². The first-order valence-electron chi connectivity index (χ1n) is 7.64. The molecule has 1 atom stereocenters. The van der Waals surface area contributed by atoms with Gasteiger partial charge in [-0.3, -0.25) is 0 Å². The van der Waals surface area contributed by atoms with Crippen molar-refractivity contribution in [2.45, 2.75) is 33.7 Å². The monoisotopic (exact) mass is 329 g/mol. The highest BCUT2D eigenvalue weighted by Gasteiger charge is 2.07. The van der Waals surface area contributed by atoms with Crippen LogP contribution in [0.15, 0.2) is 36.5 Å². The number of aromatic nitrogens is 1. The van der Waals surface area contributed by atoms with E-state index in [1.54, 1.807) is 6.20 Å². The molecule has 0 amide bonds. The highest BCUT2D eigenvalue weighted by atomic mass is 32.1. The third-order valence-electron chi connectivity index (χ3n) is 3.51. The maximum Gasteiger partial charge on any atom is 0.172 e. The standard InChI is InChI=1S/C18H23N3OS/c1-12-7-8-19-17(9-12)21-18(23)20-15(4)11-22-16-6-5-13(2)14(3)10-16/h5-10,15H,11H2,1-4H3,(H2,19,20,21,23)/t15-/m0/s1. The van der Waals surface area contributed by atoms with Crippen molar-refractivity contribution in [1.29, 1.82) is 0 Å². The van der Waals surface area contributed by atoms with Crippen LogP contribution in [0.5, 0.6) is 5.75 Å². The average Bonchev–Trinajstić information content (AvgIpc) is 2.48. The third kappa shape index (κ3) is 5.53. The van der Waals surface area contributed by atoms with Crippen LogP contribution < -0.4 is 15.4 Å². The number of benzene rings is 1. The second-order valence-corrected chi connectivity index (χ2v) is 6.18. The maximum absolute atomic E-state index is 5.81. The molecule has 0 aliphatic carbocycles. The van der Waals surface area contributed by atoms with Gasteiger partial charge in [-0.25, -0.2) is 4.98 Å². The molecule has 5 heteroatoms. The Morgan fingerprint density at radius 2 is 1.96 bits per heavy atom. The molecule has 0 spiro atoms. The second kappa shape index (κ2) is 7.92. The Morgan fingerprint density at radius 1 is 1.17 bits per heavy atom. The number of thiocarbonyl (C=S) groups is 1. The predicted octanol–water partition coefficient (Wildman–Crippen LogP) is 3.76. The Bertz CT molecular complexity index is 688. The smallest absolute Gasteiger partial charge is 0.172 e. The summed E-state index contributed by atoms with van der Waals surface area (Å²) in [5, 5.41) is 6.82. The van der Waals surface area contributed by atoms with Crippen molar-refractivity contribution in [2.75, 3.05) is 11.9 Å². The Labute approximate surface area is 143 Å². The molecule has 1 aromatic heterocycles. The van der Waals surface area contributed by atoms with Gasteiger partial charge < -0.3 is 15.4 Å². The minimum absolute atomic E-state index is 0.0846. The zero-order valence-electron chi connectivity index (χ0n) is 14.0. The van der Waals surface area contributed by atoms with E-state index in [0.29, 0.717) is 11.7 Å². The lowest BCUT2D eigenvalue weighted by Gasteiger charge is -2.18. The first-order chi connectivity index (χ1) is 10.9. The molecule has 0 aliphatic heterocycles. The van der Waals surface area contributed by atoms with Gasteiger partial charge in [-0.15, -0.1) is 0 Å². The summed E-state index contributed by atoms with van der Waals surface area (Å²) in [6.45, 7) is 8.75. The van der Waals surface area contributed by atoms with Crippen LogP contribution in [0.1, 0.15) is 23.6 Å². The van der Waals surface area contributed by atoms with Crippen molar-refractivity contribution >= 4 is 23.1 Å². The van der Waals surface area contributed by atoms with Crippen LogP contribution in [0.4, 0.5) is 5.82 Å². The Morgan fingerprint density at radius 3 is 2.65 bits per heavy atom. The Kier molecular flexibility index (Phi) is 5.93. The van der Waals surface area contributed by atoms with E-state index in [-0.39, 0.29) is 6.04 Å². The van der Waals surface area contributed by atoms with E-state index in [4.69, 9.17) is 17.0 Å². The number of ether oxygens (including phenoxy) is 1. The molecule has 122 valence electrons. The molecule has 2 rings (SSSR count). The van der Waals surface area contributed by atoms with Gasteiger partial charge in [-0.2, -0.15) is 0 Å². The molecule has 2 N–H and O–H groups in total. The summed E-state index contributed by atoms with van der Waals surface area (Å²) in [5.41, 5.74) is 3.63. The van der Waals surface area contributed by atoms with Crippen LogP contribution in [0, 0.1) is 20.8 Å². The molecule has 1 heterocycles. The van der Waals surface area contributed by atoms with E-state index in [0.717, 1.165) is 17.1 Å². The van der Waals surface area contributed by atoms with E-state index in [1.165, 1.54) is 11.1 Å². The molecule has 0 unspecified atom stereocenters. The van der Waals surface area contributed by atoms with Gasteiger partial charge in [0.1, 0.15) is 18.2 Å². The van der Waals surface area contributed by atoms with Gasteiger partial charge in [0, 0.05) is 6.20 Å². The van der Waals surface area contributed by atoms with Crippen LogP contribution in [-0.2, 0) is 0 Å². The zero-order valence-corrected chi connectivity index (χ0v) is 14.8. The van der Waals surface area contributed by atoms with Crippen LogP contribution in [0.25, 0.3) is 0 Å². The molecule has 4 nitrogen and oxygen atoms in total. The molecule has 0 saturated heterocycles. The van der Waals surface area contributed by atoms with Crippen LogP contribution in [0.3, 0.4) is 0 Å². The first-order valence-corrected chi connectivity index (χ1v) is 8.05. The number of nitrogens with zero attached hydrogens (tertiary/aromatic N) is 1. The number of pyridine rings is 1.